The zero-order valence-corrected chi connectivity index (χ0v) is 20.3. The Morgan fingerprint density at radius 3 is 2.21 bits per heavy atom. The lowest BCUT2D eigenvalue weighted by Gasteiger charge is -2.35. The monoisotopic (exact) mass is 462 g/mol. The van der Waals surface area contributed by atoms with Gasteiger partial charge in [0.15, 0.2) is 0 Å². The van der Waals surface area contributed by atoms with Crippen molar-refractivity contribution in [1.29, 1.82) is 0 Å². The summed E-state index contributed by atoms with van der Waals surface area (Å²) in [5.41, 5.74) is 4.55. The molecule has 4 rings (SSSR count). The maximum atomic E-state index is 13.3. The average molecular weight is 463 g/mol. The van der Waals surface area contributed by atoms with Gasteiger partial charge in [-0.05, 0) is 49.7 Å². The molecule has 0 bridgehead atoms. The lowest BCUT2D eigenvalue weighted by Crippen LogP contribution is -2.46. The van der Waals surface area contributed by atoms with E-state index in [1.165, 1.54) is 10.6 Å². The predicted octanol–water partition coefficient (Wildman–Crippen LogP) is 3.37. The number of imide groups is 1. The molecule has 2 heterocycles. The molecule has 2 amide bonds. The number of anilines is 2. The van der Waals surface area contributed by atoms with Crippen LogP contribution in [-0.4, -0.2) is 74.6 Å². The van der Waals surface area contributed by atoms with Gasteiger partial charge >= 0.3 is 0 Å². The van der Waals surface area contributed by atoms with Crippen molar-refractivity contribution in [3.05, 3.63) is 65.4 Å². The van der Waals surface area contributed by atoms with Crippen LogP contribution >= 0.6 is 0 Å². The standard InChI is InChI=1S/C27H34N4O3/c1-4-29-15-17-30(18-16-29)23-12-10-22(11-13-23)28-25-24(21-8-6-20(2)7-9-21)26(32)31(27(25)33)14-5-19-34-3/h6-13,28H,4-5,14-19H2,1-3H3. The molecule has 7 heteroatoms. The van der Waals surface area contributed by atoms with Crippen LogP contribution in [0.5, 0.6) is 0 Å². The molecule has 2 aliphatic heterocycles. The van der Waals surface area contributed by atoms with Crippen molar-refractivity contribution in [3.8, 4) is 0 Å². The van der Waals surface area contributed by atoms with Gasteiger partial charge in [0.2, 0.25) is 0 Å². The van der Waals surface area contributed by atoms with E-state index in [4.69, 9.17) is 4.74 Å². The summed E-state index contributed by atoms with van der Waals surface area (Å²) in [7, 11) is 1.62. The van der Waals surface area contributed by atoms with E-state index < -0.39 is 0 Å². The van der Waals surface area contributed by atoms with Crippen molar-refractivity contribution in [2.24, 2.45) is 0 Å². The summed E-state index contributed by atoms with van der Waals surface area (Å²) in [5.74, 6) is -0.561. The first-order valence-corrected chi connectivity index (χ1v) is 12.0. The van der Waals surface area contributed by atoms with Crippen molar-refractivity contribution in [2.75, 3.05) is 63.2 Å². The van der Waals surface area contributed by atoms with Crippen molar-refractivity contribution < 1.29 is 14.3 Å². The molecule has 1 saturated heterocycles. The Kier molecular flexibility index (Phi) is 7.65. The van der Waals surface area contributed by atoms with Gasteiger partial charge in [-0.25, -0.2) is 0 Å². The fourth-order valence-electron chi connectivity index (χ4n) is 4.47. The normalized spacial score (nSPS) is 17.1. The predicted molar refractivity (Wildman–Crippen MR) is 136 cm³/mol. The van der Waals surface area contributed by atoms with E-state index in [0.29, 0.717) is 30.8 Å². The maximum absolute atomic E-state index is 13.3. The Morgan fingerprint density at radius 2 is 1.59 bits per heavy atom. The van der Waals surface area contributed by atoms with Crippen LogP contribution in [0.1, 0.15) is 24.5 Å². The largest absolute Gasteiger partial charge is 0.385 e. The molecule has 0 unspecified atom stereocenters. The third kappa shape index (κ3) is 5.16. The molecular formula is C27H34N4O3. The number of likely N-dealkylation sites (N-methyl/N-ethyl adjacent to an activating group) is 1. The number of carbonyl (C=O) groups excluding carboxylic acids is 2. The molecular weight excluding hydrogens is 428 g/mol. The minimum Gasteiger partial charge on any atom is -0.385 e. The third-order valence-corrected chi connectivity index (χ3v) is 6.56. The number of methoxy groups -OCH3 is 1. The number of ether oxygens (including phenoxy) is 1. The Balaban J connectivity index is 1.56. The number of carbonyl (C=O) groups is 2. The van der Waals surface area contributed by atoms with Gasteiger partial charge in [0.05, 0.1) is 5.57 Å². The molecule has 2 aromatic carbocycles. The number of benzene rings is 2. The van der Waals surface area contributed by atoms with E-state index in [2.05, 4.69) is 34.2 Å². The highest BCUT2D eigenvalue weighted by molar-refractivity contribution is 6.36. The van der Waals surface area contributed by atoms with E-state index in [9.17, 15) is 9.59 Å². The molecule has 180 valence electrons. The van der Waals surface area contributed by atoms with Crippen molar-refractivity contribution in [3.63, 3.8) is 0 Å². The highest BCUT2D eigenvalue weighted by atomic mass is 16.5. The lowest BCUT2D eigenvalue weighted by atomic mass is 10.0. The Morgan fingerprint density at radius 1 is 0.912 bits per heavy atom. The lowest BCUT2D eigenvalue weighted by molar-refractivity contribution is -0.136. The fourth-order valence-corrected chi connectivity index (χ4v) is 4.47. The van der Waals surface area contributed by atoms with Crippen LogP contribution < -0.4 is 10.2 Å². The van der Waals surface area contributed by atoms with Gasteiger partial charge in [0.1, 0.15) is 5.70 Å². The summed E-state index contributed by atoms with van der Waals surface area (Å²) in [6, 6.07) is 15.8. The second-order valence-corrected chi connectivity index (χ2v) is 8.82. The van der Waals surface area contributed by atoms with Crippen LogP contribution in [0, 0.1) is 6.92 Å². The molecule has 0 spiro atoms. The second kappa shape index (κ2) is 10.8. The number of nitrogens with one attached hydrogen (secondary N) is 1. The van der Waals surface area contributed by atoms with Gasteiger partial charge in [0.25, 0.3) is 11.8 Å². The van der Waals surface area contributed by atoms with Crippen LogP contribution in [0.3, 0.4) is 0 Å². The molecule has 34 heavy (non-hydrogen) atoms. The summed E-state index contributed by atoms with van der Waals surface area (Å²) < 4.78 is 5.11. The quantitative estimate of drug-likeness (QED) is 0.455. The highest BCUT2D eigenvalue weighted by Crippen LogP contribution is 2.31. The average Bonchev–Trinajstić information content (AvgIpc) is 3.09. The van der Waals surface area contributed by atoms with E-state index in [-0.39, 0.29) is 11.8 Å². The SMILES string of the molecule is CCN1CCN(c2ccc(NC3=C(c4ccc(C)cc4)C(=O)N(CCCOC)C3=O)cc2)CC1. The number of amides is 2. The second-order valence-electron chi connectivity index (χ2n) is 8.82. The molecule has 0 aliphatic carbocycles. The zero-order valence-electron chi connectivity index (χ0n) is 20.3. The Labute approximate surface area is 202 Å². The number of aryl methyl sites for hydroxylation is 1. The molecule has 0 atom stereocenters. The number of hydrogen-bond donors (Lipinski definition) is 1. The number of nitrogens with zero attached hydrogens (tertiary/aromatic N) is 3. The van der Waals surface area contributed by atoms with Gasteiger partial charge in [-0.2, -0.15) is 0 Å². The Hall–Kier alpha value is -3.16. The summed E-state index contributed by atoms with van der Waals surface area (Å²) in [6.45, 7) is 10.3. The number of hydrogen-bond acceptors (Lipinski definition) is 6. The van der Waals surface area contributed by atoms with E-state index in [1.54, 1.807) is 7.11 Å². The number of rotatable bonds is 9. The number of piperazine rings is 1. The zero-order chi connectivity index (χ0) is 24.1. The fraction of sp³-hybridized carbons (Fsp3) is 0.407. The van der Waals surface area contributed by atoms with Crippen molar-refractivity contribution in [2.45, 2.75) is 20.3 Å². The van der Waals surface area contributed by atoms with Crippen LogP contribution in [0.2, 0.25) is 0 Å². The molecule has 1 N–H and O–H groups in total. The minimum absolute atomic E-state index is 0.266. The van der Waals surface area contributed by atoms with Crippen molar-refractivity contribution >= 4 is 28.8 Å². The smallest absolute Gasteiger partial charge is 0.278 e. The maximum Gasteiger partial charge on any atom is 0.278 e. The highest BCUT2D eigenvalue weighted by Gasteiger charge is 2.38. The molecule has 0 radical (unpaired) electrons. The van der Waals surface area contributed by atoms with Crippen molar-refractivity contribution in [1.82, 2.24) is 9.80 Å². The van der Waals surface area contributed by atoms with Crippen LogP contribution in [0.15, 0.2) is 54.2 Å². The molecule has 7 nitrogen and oxygen atoms in total. The molecule has 2 aliphatic rings. The summed E-state index contributed by atoms with van der Waals surface area (Å²) in [4.78, 5) is 32.7. The molecule has 1 fully saturated rings. The minimum atomic E-state index is -0.295. The van der Waals surface area contributed by atoms with Gasteiger partial charge < -0.3 is 19.9 Å². The van der Waals surface area contributed by atoms with Crippen LogP contribution in [0.4, 0.5) is 11.4 Å². The van der Waals surface area contributed by atoms with Crippen LogP contribution in [0.25, 0.3) is 5.57 Å². The first-order valence-electron chi connectivity index (χ1n) is 12.0. The summed E-state index contributed by atoms with van der Waals surface area (Å²) in [5, 5.41) is 3.26. The first kappa shape index (κ1) is 24.0. The molecule has 0 saturated carbocycles. The third-order valence-electron chi connectivity index (χ3n) is 6.56. The summed E-state index contributed by atoms with van der Waals surface area (Å²) >= 11 is 0. The van der Waals surface area contributed by atoms with Gasteiger partial charge in [-0.3, -0.25) is 14.5 Å². The van der Waals surface area contributed by atoms with Crippen LogP contribution in [-0.2, 0) is 14.3 Å². The van der Waals surface area contributed by atoms with Gasteiger partial charge in [0, 0.05) is 57.8 Å². The molecule has 0 aromatic heterocycles. The van der Waals surface area contributed by atoms with E-state index in [1.807, 2.05) is 43.3 Å². The van der Waals surface area contributed by atoms with Gasteiger partial charge in [-0.1, -0.05) is 36.8 Å². The first-order chi connectivity index (χ1) is 16.5. The van der Waals surface area contributed by atoms with E-state index >= 15 is 0 Å². The van der Waals surface area contributed by atoms with Gasteiger partial charge in [-0.15, -0.1) is 0 Å². The van der Waals surface area contributed by atoms with E-state index in [0.717, 1.165) is 49.5 Å². The molecule has 2 aromatic rings. The summed E-state index contributed by atoms with van der Waals surface area (Å²) in [6.07, 6.45) is 0.600. The Bertz CT molecular complexity index is 1040. The topological polar surface area (TPSA) is 65.1 Å².